The maximum Gasteiger partial charge on any atom is 0.261 e. The van der Waals surface area contributed by atoms with Gasteiger partial charge in [-0.15, -0.1) is 0 Å². The summed E-state index contributed by atoms with van der Waals surface area (Å²) in [5.41, 5.74) is 1.73. The van der Waals surface area contributed by atoms with Crippen molar-refractivity contribution in [2.75, 3.05) is 12.4 Å². The second-order valence-corrected chi connectivity index (χ2v) is 6.29. The highest BCUT2D eigenvalue weighted by atomic mass is 35.5. The topological polar surface area (TPSA) is 71.2 Å². The van der Waals surface area contributed by atoms with Crippen LogP contribution in [0.4, 0.5) is 5.69 Å². The van der Waals surface area contributed by atoms with Gasteiger partial charge in [0, 0.05) is 11.3 Å². The van der Waals surface area contributed by atoms with Crippen molar-refractivity contribution >= 4 is 45.7 Å². The number of benzene rings is 2. The zero-order valence-electron chi connectivity index (χ0n) is 13.4. The fraction of sp³-hybridized carbons (Fsp3) is 0.111. The van der Waals surface area contributed by atoms with E-state index in [0.717, 1.165) is 5.39 Å². The molecule has 0 saturated carbocycles. The molecule has 128 valence electrons. The zero-order chi connectivity index (χ0) is 18.1. The Hall–Kier alpha value is -2.50. The van der Waals surface area contributed by atoms with E-state index in [9.17, 15) is 9.59 Å². The molecule has 0 atom stereocenters. The molecule has 7 heteroatoms. The highest BCUT2D eigenvalue weighted by molar-refractivity contribution is 6.37. The highest BCUT2D eigenvalue weighted by Gasteiger charge is 2.19. The van der Waals surface area contributed by atoms with Crippen molar-refractivity contribution < 1.29 is 9.53 Å². The molecule has 2 aromatic carbocycles. The van der Waals surface area contributed by atoms with Crippen LogP contribution in [-0.2, 0) is 0 Å². The van der Waals surface area contributed by atoms with Gasteiger partial charge in [-0.1, -0.05) is 29.3 Å². The van der Waals surface area contributed by atoms with E-state index in [-0.39, 0.29) is 26.9 Å². The zero-order valence-corrected chi connectivity index (χ0v) is 15.0. The van der Waals surface area contributed by atoms with Crippen LogP contribution in [0, 0.1) is 6.92 Å². The van der Waals surface area contributed by atoms with E-state index >= 15 is 0 Å². The molecule has 0 bridgehead atoms. The minimum atomic E-state index is -0.460. The summed E-state index contributed by atoms with van der Waals surface area (Å²) < 4.78 is 5.19. The number of H-pyrrole nitrogens is 1. The van der Waals surface area contributed by atoms with Crippen molar-refractivity contribution in [2.24, 2.45) is 0 Å². The van der Waals surface area contributed by atoms with Gasteiger partial charge in [0.05, 0.1) is 22.7 Å². The van der Waals surface area contributed by atoms with E-state index < -0.39 is 5.91 Å². The van der Waals surface area contributed by atoms with Crippen molar-refractivity contribution in [3.63, 3.8) is 0 Å². The number of ether oxygens (including phenoxy) is 1. The molecule has 0 fully saturated rings. The van der Waals surface area contributed by atoms with Gasteiger partial charge in [-0.3, -0.25) is 9.59 Å². The lowest BCUT2D eigenvalue weighted by atomic mass is 10.1. The number of amides is 1. The number of aromatic nitrogens is 1. The van der Waals surface area contributed by atoms with Gasteiger partial charge in [0.1, 0.15) is 5.56 Å². The van der Waals surface area contributed by atoms with Crippen molar-refractivity contribution in [1.29, 1.82) is 0 Å². The maximum atomic E-state index is 12.6. The molecular formula is C18H14Cl2N2O3. The summed E-state index contributed by atoms with van der Waals surface area (Å²) >= 11 is 12.2. The molecule has 0 spiro atoms. The largest absolute Gasteiger partial charge is 0.494 e. The summed E-state index contributed by atoms with van der Waals surface area (Å²) in [5, 5.41) is 4.12. The third-order valence-corrected chi connectivity index (χ3v) is 4.39. The van der Waals surface area contributed by atoms with Crippen LogP contribution in [0.5, 0.6) is 5.75 Å². The standard InChI is InChI=1S/C18H14Cl2N2O3/c1-9-7-10-3-4-11(8-14(10)22-17(9)23)21-18(24)15-12(19)5-6-13(20)16(15)25-2/h3-8H,1-2H3,(H,21,24)(H,22,23). The van der Waals surface area contributed by atoms with Crippen LogP contribution in [0.15, 0.2) is 41.2 Å². The molecule has 0 radical (unpaired) electrons. The molecule has 0 unspecified atom stereocenters. The molecule has 0 aliphatic rings. The first-order chi connectivity index (χ1) is 11.9. The Morgan fingerprint density at radius 2 is 1.84 bits per heavy atom. The predicted octanol–water partition coefficient (Wildman–Crippen LogP) is 4.40. The average Bonchev–Trinajstić information content (AvgIpc) is 2.57. The lowest BCUT2D eigenvalue weighted by Gasteiger charge is -2.12. The smallest absolute Gasteiger partial charge is 0.261 e. The minimum absolute atomic E-state index is 0.147. The van der Waals surface area contributed by atoms with E-state index in [1.54, 1.807) is 31.2 Å². The summed E-state index contributed by atoms with van der Waals surface area (Å²) in [4.78, 5) is 27.2. The number of carbonyl (C=O) groups is 1. The van der Waals surface area contributed by atoms with E-state index in [1.807, 2.05) is 6.07 Å². The molecule has 2 N–H and O–H groups in total. The van der Waals surface area contributed by atoms with E-state index in [1.165, 1.54) is 13.2 Å². The van der Waals surface area contributed by atoms with Crippen molar-refractivity contribution in [3.8, 4) is 5.75 Å². The third kappa shape index (κ3) is 3.34. The number of fused-ring (bicyclic) bond motifs is 1. The van der Waals surface area contributed by atoms with Gasteiger partial charge in [-0.05, 0) is 42.6 Å². The Labute approximate surface area is 153 Å². The van der Waals surface area contributed by atoms with Gasteiger partial charge >= 0.3 is 0 Å². The number of nitrogens with one attached hydrogen (secondary N) is 2. The second kappa shape index (κ2) is 6.78. The number of carbonyl (C=O) groups excluding carboxylic acids is 1. The normalized spacial score (nSPS) is 10.7. The molecular weight excluding hydrogens is 363 g/mol. The third-order valence-electron chi connectivity index (χ3n) is 3.78. The van der Waals surface area contributed by atoms with Gasteiger partial charge in [0.15, 0.2) is 5.75 Å². The van der Waals surface area contributed by atoms with Crippen molar-refractivity contribution in [3.05, 3.63) is 67.9 Å². The summed E-state index contributed by atoms with van der Waals surface area (Å²) in [7, 11) is 1.41. The Morgan fingerprint density at radius 1 is 1.12 bits per heavy atom. The number of hydrogen-bond acceptors (Lipinski definition) is 3. The van der Waals surface area contributed by atoms with Crippen LogP contribution in [0.1, 0.15) is 15.9 Å². The van der Waals surface area contributed by atoms with Gasteiger partial charge in [0.2, 0.25) is 0 Å². The first-order valence-corrected chi connectivity index (χ1v) is 8.13. The van der Waals surface area contributed by atoms with Crippen LogP contribution in [0.3, 0.4) is 0 Å². The van der Waals surface area contributed by atoms with Gasteiger partial charge in [0.25, 0.3) is 11.5 Å². The first kappa shape index (κ1) is 17.3. The number of aromatic amines is 1. The molecule has 0 aliphatic carbocycles. The van der Waals surface area contributed by atoms with Crippen LogP contribution in [0.25, 0.3) is 10.9 Å². The second-order valence-electron chi connectivity index (χ2n) is 5.48. The first-order valence-electron chi connectivity index (χ1n) is 7.37. The fourth-order valence-electron chi connectivity index (χ4n) is 2.53. The fourth-order valence-corrected chi connectivity index (χ4v) is 3.00. The summed E-state index contributed by atoms with van der Waals surface area (Å²) in [5.74, 6) is -0.255. The Balaban J connectivity index is 1.99. The Bertz CT molecular complexity index is 1040. The number of halogens is 2. The van der Waals surface area contributed by atoms with Crippen LogP contribution in [0.2, 0.25) is 10.0 Å². The number of aryl methyl sites for hydroxylation is 1. The van der Waals surface area contributed by atoms with Crippen LogP contribution in [-0.4, -0.2) is 18.0 Å². The van der Waals surface area contributed by atoms with Gasteiger partial charge < -0.3 is 15.0 Å². The summed E-state index contributed by atoms with van der Waals surface area (Å²) in [6.45, 7) is 1.74. The number of methoxy groups -OCH3 is 1. The molecule has 5 nitrogen and oxygen atoms in total. The predicted molar refractivity (Wildman–Crippen MR) is 100 cm³/mol. The highest BCUT2D eigenvalue weighted by Crippen LogP contribution is 2.34. The minimum Gasteiger partial charge on any atom is -0.494 e. The molecule has 25 heavy (non-hydrogen) atoms. The number of pyridine rings is 1. The number of hydrogen-bond donors (Lipinski definition) is 2. The Kier molecular flexibility index (Phi) is 4.70. The lowest BCUT2D eigenvalue weighted by molar-refractivity contribution is 0.102. The number of anilines is 1. The monoisotopic (exact) mass is 376 g/mol. The summed E-state index contributed by atoms with van der Waals surface area (Å²) in [6, 6.07) is 10.1. The molecule has 3 rings (SSSR count). The van der Waals surface area contributed by atoms with Crippen molar-refractivity contribution in [2.45, 2.75) is 6.92 Å². The quantitative estimate of drug-likeness (QED) is 0.711. The van der Waals surface area contributed by atoms with Crippen LogP contribution < -0.4 is 15.6 Å². The molecule has 0 aliphatic heterocycles. The van der Waals surface area contributed by atoms with E-state index in [2.05, 4.69) is 10.3 Å². The molecule has 0 saturated heterocycles. The van der Waals surface area contributed by atoms with Gasteiger partial charge in [-0.2, -0.15) is 0 Å². The molecule has 1 amide bonds. The lowest BCUT2D eigenvalue weighted by Crippen LogP contribution is -2.14. The summed E-state index contributed by atoms with van der Waals surface area (Å²) in [6.07, 6.45) is 0. The average molecular weight is 377 g/mol. The van der Waals surface area contributed by atoms with E-state index in [4.69, 9.17) is 27.9 Å². The van der Waals surface area contributed by atoms with Crippen LogP contribution >= 0.6 is 23.2 Å². The number of rotatable bonds is 3. The van der Waals surface area contributed by atoms with Crippen molar-refractivity contribution in [1.82, 2.24) is 4.98 Å². The molecule has 1 heterocycles. The molecule has 1 aromatic heterocycles. The maximum absolute atomic E-state index is 12.6. The van der Waals surface area contributed by atoms with Gasteiger partial charge in [-0.25, -0.2) is 0 Å². The Morgan fingerprint density at radius 3 is 2.56 bits per heavy atom. The SMILES string of the molecule is COc1c(Cl)ccc(Cl)c1C(=O)Nc1ccc2cc(C)c(=O)[nH]c2c1. The molecule has 3 aromatic rings. The van der Waals surface area contributed by atoms with E-state index in [0.29, 0.717) is 16.8 Å².